The third-order valence-corrected chi connectivity index (χ3v) is 4.74. The molecule has 0 aliphatic rings. The van der Waals surface area contributed by atoms with Gasteiger partial charge >= 0.3 is 0 Å². The number of carbonyl (C=O) groups excluding carboxylic acids is 1. The molecule has 3 rings (SSSR count). The number of hydrogen-bond acceptors (Lipinski definition) is 5. The van der Waals surface area contributed by atoms with Crippen molar-refractivity contribution in [2.75, 3.05) is 12.4 Å². The van der Waals surface area contributed by atoms with Gasteiger partial charge in [0, 0.05) is 16.3 Å². The van der Waals surface area contributed by atoms with E-state index in [-0.39, 0.29) is 12.2 Å². The number of amides is 1. The Kier molecular flexibility index (Phi) is 7.48. The second kappa shape index (κ2) is 10.7. The summed E-state index contributed by atoms with van der Waals surface area (Å²) in [4.78, 5) is 12.5. The third-order valence-electron chi connectivity index (χ3n) is 4.49. The van der Waals surface area contributed by atoms with Crippen molar-refractivity contribution in [2.45, 2.75) is 6.61 Å². The molecule has 7 heteroatoms. The Bertz CT molecular complexity index is 1240. The van der Waals surface area contributed by atoms with Crippen LogP contribution in [0.15, 0.2) is 72.3 Å². The number of halogens is 1. The Hall–Kier alpha value is -4.26. The van der Waals surface area contributed by atoms with Crippen LogP contribution < -0.4 is 14.8 Å². The van der Waals surface area contributed by atoms with Crippen molar-refractivity contribution in [2.24, 2.45) is 0 Å². The van der Waals surface area contributed by atoms with Crippen LogP contribution in [0.1, 0.15) is 16.7 Å². The van der Waals surface area contributed by atoms with E-state index < -0.39 is 5.91 Å². The van der Waals surface area contributed by atoms with Gasteiger partial charge < -0.3 is 14.8 Å². The molecule has 3 aromatic carbocycles. The minimum absolute atomic E-state index is 0.0707. The average Bonchev–Trinajstić information content (AvgIpc) is 2.82. The maximum Gasteiger partial charge on any atom is 0.266 e. The normalized spacial score (nSPS) is 10.6. The number of nitrogens with zero attached hydrogens (tertiary/aromatic N) is 2. The number of nitriles is 2. The van der Waals surface area contributed by atoms with Gasteiger partial charge in [0.2, 0.25) is 0 Å². The fourth-order valence-corrected chi connectivity index (χ4v) is 2.98. The van der Waals surface area contributed by atoms with Crippen LogP contribution in [0.2, 0.25) is 5.02 Å². The predicted octanol–water partition coefficient (Wildman–Crippen LogP) is 5.34. The molecule has 0 saturated carbocycles. The van der Waals surface area contributed by atoms with Gasteiger partial charge in [-0.3, -0.25) is 4.79 Å². The second-order valence-electron chi connectivity index (χ2n) is 6.60. The van der Waals surface area contributed by atoms with Gasteiger partial charge in [0.25, 0.3) is 5.91 Å². The molecule has 3 aromatic rings. The fraction of sp³-hybridized carbons (Fsp3) is 0.0800. The first-order valence-electron chi connectivity index (χ1n) is 9.51. The molecule has 0 heterocycles. The van der Waals surface area contributed by atoms with E-state index in [2.05, 4.69) is 11.4 Å². The number of methoxy groups -OCH3 is 1. The highest BCUT2D eigenvalue weighted by Gasteiger charge is 2.12. The number of ether oxygens (including phenoxy) is 2. The molecule has 0 bridgehead atoms. The molecule has 0 aromatic heterocycles. The van der Waals surface area contributed by atoms with Gasteiger partial charge in [-0.05, 0) is 54.1 Å². The van der Waals surface area contributed by atoms with Crippen LogP contribution in [0.3, 0.4) is 0 Å². The van der Waals surface area contributed by atoms with Gasteiger partial charge in [0.15, 0.2) is 11.5 Å². The van der Waals surface area contributed by atoms with E-state index in [1.165, 1.54) is 13.2 Å². The van der Waals surface area contributed by atoms with Gasteiger partial charge in [-0.15, -0.1) is 0 Å². The van der Waals surface area contributed by atoms with Crippen LogP contribution in [0.5, 0.6) is 11.5 Å². The molecule has 1 N–H and O–H groups in total. The summed E-state index contributed by atoms with van der Waals surface area (Å²) in [5, 5.41) is 21.9. The molecule has 0 unspecified atom stereocenters. The van der Waals surface area contributed by atoms with Gasteiger partial charge in [0.1, 0.15) is 18.2 Å². The molecule has 0 aliphatic carbocycles. The zero-order chi connectivity index (χ0) is 22.9. The summed E-state index contributed by atoms with van der Waals surface area (Å²) >= 11 is 5.85. The molecule has 0 spiro atoms. The Morgan fingerprint density at radius 3 is 2.50 bits per heavy atom. The lowest BCUT2D eigenvalue weighted by Gasteiger charge is -2.12. The summed E-state index contributed by atoms with van der Waals surface area (Å²) in [5.41, 5.74) is 2.34. The summed E-state index contributed by atoms with van der Waals surface area (Å²) in [6.45, 7) is 0.197. The van der Waals surface area contributed by atoms with Crippen molar-refractivity contribution in [3.8, 4) is 23.6 Å². The van der Waals surface area contributed by atoms with Crippen LogP contribution in [-0.2, 0) is 11.4 Å². The summed E-state index contributed by atoms with van der Waals surface area (Å²) in [6.07, 6.45) is 1.46. The van der Waals surface area contributed by atoms with Crippen LogP contribution in [-0.4, -0.2) is 13.0 Å². The van der Waals surface area contributed by atoms with Gasteiger partial charge in [-0.25, -0.2) is 0 Å². The molecule has 1 amide bonds. The average molecular weight is 444 g/mol. The van der Waals surface area contributed by atoms with E-state index in [1.807, 2.05) is 18.2 Å². The zero-order valence-corrected chi connectivity index (χ0v) is 17.9. The third kappa shape index (κ3) is 5.66. The van der Waals surface area contributed by atoms with Crippen molar-refractivity contribution < 1.29 is 14.3 Å². The van der Waals surface area contributed by atoms with E-state index >= 15 is 0 Å². The molecular formula is C25H18ClN3O3. The van der Waals surface area contributed by atoms with Gasteiger partial charge in [-0.2, -0.15) is 10.5 Å². The quantitative estimate of drug-likeness (QED) is 0.392. The zero-order valence-electron chi connectivity index (χ0n) is 17.1. The molecule has 32 heavy (non-hydrogen) atoms. The lowest BCUT2D eigenvalue weighted by atomic mass is 10.1. The number of hydrogen-bond donors (Lipinski definition) is 1. The van der Waals surface area contributed by atoms with Crippen molar-refractivity contribution >= 4 is 29.3 Å². The smallest absolute Gasteiger partial charge is 0.266 e. The Morgan fingerprint density at radius 2 is 1.81 bits per heavy atom. The maximum absolute atomic E-state index is 12.5. The number of anilines is 1. The highest BCUT2D eigenvalue weighted by molar-refractivity contribution is 6.30. The lowest BCUT2D eigenvalue weighted by Crippen LogP contribution is -2.13. The Labute approximate surface area is 190 Å². The molecule has 0 radical (unpaired) electrons. The molecular weight excluding hydrogens is 426 g/mol. The SMILES string of the molecule is COc1cc(/C=C(/C#N)C(=O)Nc2ccc(Cl)cc2)ccc1OCc1ccccc1C#N. The van der Waals surface area contributed by atoms with E-state index in [4.69, 9.17) is 21.1 Å². The summed E-state index contributed by atoms with van der Waals surface area (Å²) in [6, 6.07) is 22.9. The molecule has 0 fully saturated rings. The van der Waals surface area contributed by atoms with E-state index in [9.17, 15) is 15.3 Å². The highest BCUT2D eigenvalue weighted by Crippen LogP contribution is 2.30. The molecule has 0 atom stereocenters. The first kappa shape index (κ1) is 22.4. The second-order valence-corrected chi connectivity index (χ2v) is 7.04. The van der Waals surface area contributed by atoms with Crippen molar-refractivity contribution in [1.82, 2.24) is 0 Å². The number of benzene rings is 3. The lowest BCUT2D eigenvalue weighted by molar-refractivity contribution is -0.112. The van der Waals surface area contributed by atoms with Crippen LogP contribution in [0, 0.1) is 22.7 Å². The van der Waals surface area contributed by atoms with E-state index in [0.29, 0.717) is 33.3 Å². The monoisotopic (exact) mass is 443 g/mol. The molecule has 0 saturated heterocycles. The Morgan fingerprint density at radius 1 is 1.06 bits per heavy atom. The number of carbonyl (C=O) groups is 1. The van der Waals surface area contributed by atoms with E-state index in [0.717, 1.165) is 5.56 Å². The number of rotatable bonds is 7. The number of nitrogens with one attached hydrogen (secondary N) is 1. The van der Waals surface area contributed by atoms with Crippen LogP contribution in [0.25, 0.3) is 6.08 Å². The minimum Gasteiger partial charge on any atom is -0.493 e. The largest absolute Gasteiger partial charge is 0.493 e. The fourth-order valence-electron chi connectivity index (χ4n) is 2.85. The summed E-state index contributed by atoms with van der Waals surface area (Å²) in [7, 11) is 1.50. The van der Waals surface area contributed by atoms with Crippen molar-refractivity contribution in [1.29, 1.82) is 10.5 Å². The summed E-state index contributed by atoms with van der Waals surface area (Å²) in [5.74, 6) is 0.368. The van der Waals surface area contributed by atoms with Crippen LogP contribution >= 0.6 is 11.6 Å². The maximum atomic E-state index is 12.5. The van der Waals surface area contributed by atoms with Gasteiger partial charge in [-0.1, -0.05) is 35.9 Å². The van der Waals surface area contributed by atoms with Crippen molar-refractivity contribution in [3.05, 3.63) is 94.0 Å². The minimum atomic E-state index is -0.540. The van der Waals surface area contributed by atoms with Crippen molar-refractivity contribution in [3.63, 3.8) is 0 Å². The topological polar surface area (TPSA) is 95.1 Å². The highest BCUT2D eigenvalue weighted by atomic mass is 35.5. The van der Waals surface area contributed by atoms with Crippen LogP contribution in [0.4, 0.5) is 5.69 Å². The molecule has 6 nitrogen and oxygen atoms in total. The standard InChI is InChI=1S/C25H18ClN3O3/c1-31-24-13-17(6-11-23(24)32-16-19-5-3-2-4-18(19)14-27)12-20(15-28)25(30)29-22-9-7-21(26)8-10-22/h2-13H,16H2,1H3,(H,29,30)/b20-12-. The van der Waals surface area contributed by atoms with E-state index in [1.54, 1.807) is 54.6 Å². The first-order valence-corrected chi connectivity index (χ1v) is 9.89. The first-order chi connectivity index (χ1) is 15.5. The molecule has 0 aliphatic heterocycles. The summed E-state index contributed by atoms with van der Waals surface area (Å²) < 4.78 is 11.2. The Balaban J connectivity index is 1.76. The van der Waals surface area contributed by atoms with Gasteiger partial charge in [0.05, 0.1) is 18.7 Å². The molecule has 158 valence electrons. The predicted molar refractivity (Wildman–Crippen MR) is 122 cm³/mol.